The lowest BCUT2D eigenvalue weighted by atomic mass is 10.0. The van der Waals surface area contributed by atoms with Gasteiger partial charge in [0.05, 0.1) is 16.5 Å². The molecule has 1 unspecified atom stereocenters. The Balaban J connectivity index is 1.49. The molecule has 0 saturated carbocycles. The highest BCUT2D eigenvalue weighted by Gasteiger charge is 2.48. The van der Waals surface area contributed by atoms with Gasteiger partial charge in [-0.25, -0.2) is 18.4 Å². The van der Waals surface area contributed by atoms with Crippen molar-refractivity contribution in [2.45, 2.75) is 76.8 Å². The van der Waals surface area contributed by atoms with Crippen molar-refractivity contribution in [3.8, 4) is 17.5 Å². The average molecular weight is 433 g/mol. The van der Waals surface area contributed by atoms with Crippen LogP contribution in [0.4, 0.5) is 0 Å². The molecule has 2 saturated heterocycles. The second-order valence-corrected chi connectivity index (χ2v) is 10.7. The quantitative estimate of drug-likeness (QED) is 0.690. The maximum atomic E-state index is 12.8. The molecule has 8 nitrogen and oxygen atoms in total. The van der Waals surface area contributed by atoms with Crippen LogP contribution in [0.15, 0.2) is 24.7 Å². The Morgan fingerprint density at radius 2 is 1.73 bits per heavy atom. The molecule has 162 valence electrons. The van der Waals surface area contributed by atoms with Crippen molar-refractivity contribution in [3.63, 3.8) is 0 Å². The fourth-order valence-electron chi connectivity index (χ4n) is 4.32. The van der Waals surface area contributed by atoms with E-state index >= 15 is 0 Å². The maximum absolute atomic E-state index is 12.8. The van der Waals surface area contributed by atoms with Crippen LogP contribution in [-0.4, -0.2) is 51.1 Å². The Morgan fingerprint density at radius 1 is 1.07 bits per heavy atom. The molecule has 2 bridgehead atoms. The lowest BCUT2D eigenvalue weighted by Gasteiger charge is -2.38. The zero-order chi connectivity index (χ0) is 21.5. The highest BCUT2D eigenvalue weighted by molar-refractivity contribution is 7.89. The molecule has 0 radical (unpaired) electrons. The van der Waals surface area contributed by atoms with Crippen molar-refractivity contribution in [1.29, 1.82) is 0 Å². The molecule has 9 heteroatoms. The minimum absolute atomic E-state index is 0.00273. The lowest BCUT2D eigenvalue weighted by Crippen LogP contribution is -2.51. The molecule has 4 heterocycles. The first kappa shape index (κ1) is 21.0. The molecule has 0 amide bonds. The first-order chi connectivity index (χ1) is 14.3. The van der Waals surface area contributed by atoms with Crippen LogP contribution in [0.3, 0.4) is 0 Å². The number of hydrogen-bond donors (Lipinski definition) is 0. The summed E-state index contributed by atoms with van der Waals surface area (Å²) in [6.45, 7) is 7.22. The van der Waals surface area contributed by atoms with E-state index in [0.717, 1.165) is 18.5 Å². The number of piperidine rings is 1. The fourth-order valence-corrected chi connectivity index (χ4v) is 6.02. The van der Waals surface area contributed by atoms with Gasteiger partial charge in [-0.3, -0.25) is 4.98 Å². The van der Waals surface area contributed by atoms with Gasteiger partial charge in [0.15, 0.2) is 5.75 Å². The number of hydrogen-bond acceptors (Lipinski definition) is 7. The van der Waals surface area contributed by atoms with Gasteiger partial charge in [0.25, 0.3) is 0 Å². The van der Waals surface area contributed by atoms with Gasteiger partial charge in [0, 0.05) is 31.1 Å². The summed E-state index contributed by atoms with van der Waals surface area (Å²) in [6.07, 6.45) is 6.16. The van der Waals surface area contributed by atoms with E-state index in [0.29, 0.717) is 35.9 Å². The summed E-state index contributed by atoms with van der Waals surface area (Å²) < 4.78 is 39.4. The summed E-state index contributed by atoms with van der Waals surface area (Å²) in [5.41, 5.74) is 1.48. The largest absolute Gasteiger partial charge is 0.474 e. The van der Waals surface area contributed by atoms with E-state index in [2.05, 4.69) is 15.0 Å². The molecule has 30 heavy (non-hydrogen) atoms. The Labute approximate surface area is 177 Å². The molecule has 2 fully saturated rings. The maximum Gasteiger partial charge on any atom is 0.229 e. The van der Waals surface area contributed by atoms with E-state index in [9.17, 15) is 8.42 Å². The molecule has 2 aromatic heterocycles. The first-order valence-electron chi connectivity index (χ1n) is 10.4. The van der Waals surface area contributed by atoms with Crippen LogP contribution in [0.25, 0.3) is 0 Å². The van der Waals surface area contributed by atoms with Crippen molar-refractivity contribution in [3.05, 3.63) is 35.9 Å². The van der Waals surface area contributed by atoms with Gasteiger partial charge in [-0.05, 0) is 52.7 Å². The third kappa shape index (κ3) is 3.88. The van der Waals surface area contributed by atoms with Crippen molar-refractivity contribution in [1.82, 2.24) is 19.3 Å². The molecule has 0 spiro atoms. The van der Waals surface area contributed by atoms with Crippen LogP contribution in [-0.2, 0) is 10.0 Å². The molecule has 2 aliphatic rings. The number of pyridine rings is 1. The van der Waals surface area contributed by atoms with Gasteiger partial charge in [0.1, 0.15) is 12.4 Å². The van der Waals surface area contributed by atoms with E-state index in [1.165, 1.54) is 6.33 Å². The molecule has 0 N–H and O–H groups in total. The summed E-state index contributed by atoms with van der Waals surface area (Å²) in [4.78, 5) is 12.8. The van der Waals surface area contributed by atoms with Gasteiger partial charge in [-0.1, -0.05) is 0 Å². The van der Waals surface area contributed by atoms with E-state index in [-0.39, 0.29) is 18.2 Å². The second-order valence-electron chi connectivity index (χ2n) is 8.32. The van der Waals surface area contributed by atoms with E-state index < -0.39 is 15.3 Å². The highest BCUT2D eigenvalue weighted by atomic mass is 32.2. The minimum Gasteiger partial charge on any atom is -0.474 e. The van der Waals surface area contributed by atoms with Crippen LogP contribution in [0.5, 0.6) is 17.5 Å². The van der Waals surface area contributed by atoms with Gasteiger partial charge in [0.2, 0.25) is 21.8 Å². The third-order valence-electron chi connectivity index (χ3n) is 5.95. The number of aromatic nitrogens is 3. The first-order valence-corrected chi connectivity index (χ1v) is 11.9. The normalized spacial score (nSPS) is 24.2. The second kappa shape index (κ2) is 8.11. The summed E-state index contributed by atoms with van der Waals surface area (Å²) in [5, 5.41) is -0.405. The van der Waals surface area contributed by atoms with E-state index in [1.807, 2.05) is 26.0 Å². The Bertz CT molecular complexity index is 1010. The summed E-state index contributed by atoms with van der Waals surface area (Å²) in [6, 6.07) is 3.65. The van der Waals surface area contributed by atoms with Crippen molar-refractivity contribution in [2.24, 2.45) is 0 Å². The molecule has 2 aliphatic heterocycles. The summed E-state index contributed by atoms with van der Waals surface area (Å²) in [5.74, 6) is 1.54. The van der Waals surface area contributed by atoms with Crippen LogP contribution >= 0.6 is 0 Å². The minimum atomic E-state index is -3.26. The lowest BCUT2D eigenvalue weighted by molar-refractivity contribution is 0.0903. The van der Waals surface area contributed by atoms with Crippen LogP contribution in [0, 0.1) is 13.8 Å². The fraction of sp³-hybridized carbons (Fsp3) is 0.571. The molecule has 2 aromatic rings. The van der Waals surface area contributed by atoms with Crippen LogP contribution < -0.4 is 9.47 Å². The number of nitrogens with zero attached hydrogens (tertiary/aromatic N) is 4. The smallest absolute Gasteiger partial charge is 0.229 e. The molecule has 3 atom stereocenters. The molecule has 0 aromatic carbocycles. The van der Waals surface area contributed by atoms with E-state index in [4.69, 9.17) is 9.47 Å². The topological polar surface area (TPSA) is 94.5 Å². The van der Waals surface area contributed by atoms with E-state index in [1.54, 1.807) is 24.3 Å². The number of ether oxygens (including phenoxy) is 2. The van der Waals surface area contributed by atoms with Crippen molar-refractivity contribution in [2.75, 3.05) is 0 Å². The molecule has 4 rings (SSSR count). The van der Waals surface area contributed by atoms with Crippen LogP contribution in [0.1, 0.15) is 50.8 Å². The standard InChI is InChI=1S/C21H28N4O4S/c1-13(2)30(26,27)25-16-7-8-17(25)11-18(10-16)28-20-14(3)21(24-12-23-20)29-19-6-5-9-22-15(19)4/h5-6,9,12-13,16-18H,7-8,10-11H2,1-4H3/t16-,17+,18?. The average Bonchev–Trinajstić information content (AvgIpc) is 2.98. The Kier molecular flexibility index (Phi) is 5.67. The molecule has 0 aliphatic carbocycles. The van der Waals surface area contributed by atoms with Crippen molar-refractivity contribution >= 4 is 10.0 Å². The number of sulfonamides is 1. The monoisotopic (exact) mass is 432 g/mol. The van der Waals surface area contributed by atoms with Crippen molar-refractivity contribution < 1.29 is 17.9 Å². The predicted octanol–water partition coefficient (Wildman–Crippen LogP) is 3.39. The number of fused-ring (bicyclic) bond motifs is 2. The Hall–Kier alpha value is -2.26. The number of rotatable bonds is 6. The Morgan fingerprint density at radius 3 is 2.37 bits per heavy atom. The van der Waals surface area contributed by atoms with Gasteiger partial charge >= 0.3 is 0 Å². The van der Waals surface area contributed by atoms with Gasteiger partial charge in [-0.2, -0.15) is 4.31 Å². The summed E-state index contributed by atoms with van der Waals surface area (Å²) in [7, 11) is -3.26. The van der Waals surface area contributed by atoms with Gasteiger partial charge in [-0.15, -0.1) is 0 Å². The predicted molar refractivity (Wildman–Crippen MR) is 112 cm³/mol. The summed E-state index contributed by atoms with van der Waals surface area (Å²) >= 11 is 0. The zero-order valence-electron chi connectivity index (χ0n) is 17.8. The highest BCUT2D eigenvalue weighted by Crippen LogP contribution is 2.40. The SMILES string of the molecule is Cc1ncccc1Oc1ncnc(OC2C[C@H]3CC[C@@H](C2)N3S(=O)(=O)C(C)C)c1C. The van der Waals surface area contributed by atoms with Crippen LogP contribution in [0.2, 0.25) is 0 Å². The zero-order valence-corrected chi connectivity index (χ0v) is 18.6. The molecular formula is C21H28N4O4S. The number of aryl methyl sites for hydroxylation is 1. The van der Waals surface area contributed by atoms with Gasteiger partial charge < -0.3 is 9.47 Å². The molecular weight excluding hydrogens is 404 g/mol. The third-order valence-corrected chi connectivity index (χ3v) is 8.32.